The highest BCUT2D eigenvalue weighted by Gasteiger charge is 2.40. The van der Waals surface area contributed by atoms with E-state index in [1.54, 1.807) is 0 Å². The molecule has 0 aliphatic heterocycles. The van der Waals surface area contributed by atoms with Crippen molar-refractivity contribution in [3.8, 4) is 22.3 Å². The maximum atomic E-state index is 2.41. The van der Waals surface area contributed by atoms with Crippen molar-refractivity contribution in [1.29, 1.82) is 0 Å². The van der Waals surface area contributed by atoms with E-state index in [1.807, 2.05) is 0 Å². The number of anilines is 3. The summed E-state index contributed by atoms with van der Waals surface area (Å²) in [5, 5.41) is 5.40. The summed E-state index contributed by atoms with van der Waals surface area (Å²) in [5.41, 5.74) is 12.9. The second kappa shape index (κ2) is 11.6. The van der Waals surface area contributed by atoms with Crippen LogP contribution in [-0.4, -0.2) is 0 Å². The molecular formula is C48H39N. The average Bonchev–Trinajstić information content (AvgIpc) is 3.95. The fraction of sp³-hybridized carbons (Fsp3) is 0.167. The summed E-state index contributed by atoms with van der Waals surface area (Å²) in [6.07, 6.45) is 11.3. The summed E-state index contributed by atoms with van der Waals surface area (Å²) in [4.78, 5) is 2.41. The molecule has 10 rings (SSSR count). The Bertz CT molecular complexity index is 2350. The Labute approximate surface area is 289 Å². The molecule has 1 nitrogen and oxygen atoms in total. The summed E-state index contributed by atoms with van der Waals surface area (Å²) >= 11 is 0. The number of allylic oxidation sites excluding steroid dienone is 1. The first-order chi connectivity index (χ1) is 24.3. The number of hydrogen-bond donors (Lipinski definition) is 0. The third kappa shape index (κ3) is 4.91. The smallest absolute Gasteiger partial charge is 0.0462 e. The van der Waals surface area contributed by atoms with Gasteiger partial charge < -0.3 is 4.90 Å². The molecule has 0 spiro atoms. The number of fused-ring (bicyclic) bond motifs is 8. The van der Waals surface area contributed by atoms with Crippen molar-refractivity contribution < 1.29 is 0 Å². The largest absolute Gasteiger partial charge is 0.311 e. The third-order valence-electron chi connectivity index (χ3n) is 11.8. The maximum Gasteiger partial charge on any atom is 0.0462 e. The van der Waals surface area contributed by atoms with E-state index in [0.29, 0.717) is 0 Å². The van der Waals surface area contributed by atoms with Crippen molar-refractivity contribution in [2.75, 3.05) is 4.90 Å². The highest BCUT2D eigenvalue weighted by atomic mass is 15.1. The van der Waals surface area contributed by atoms with Gasteiger partial charge in [-0.25, -0.2) is 0 Å². The minimum Gasteiger partial charge on any atom is -0.311 e. The minimum absolute atomic E-state index is 0.738. The van der Waals surface area contributed by atoms with Crippen LogP contribution >= 0.6 is 0 Å². The van der Waals surface area contributed by atoms with Crippen LogP contribution in [0.15, 0.2) is 152 Å². The van der Waals surface area contributed by atoms with Crippen LogP contribution in [-0.2, 0) is 6.42 Å². The molecule has 7 aromatic carbocycles. The molecular weight excluding hydrogens is 591 g/mol. The Kier molecular flexibility index (Phi) is 6.79. The van der Waals surface area contributed by atoms with Crippen LogP contribution in [0.2, 0.25) is 0 Å². The van der Waals surface area contributed by atoms with Gasteiger partial charge >= 0.3 is 0 Å². The Balaban J connectivity index is 1.02. The molecule has 2 bridgehead atoms. The van der Waals surface area contributed by atoms with E-state index in [1.165, 1.54) is 97.5 Å². The van der Waals surface area contributed by atoms with Crippen LogP contribution in [0.25, 0.3) is 49.9 Å². The standard InChI is InChI=1S/C48H39N/c1-2-7-33(8-3-1)34-15-22-39(23-16-34)49(41-26-19-36(20-27-41)47-30-32-13-14-38(47)29-32)40-24-17-35(18-25-40)37-21-28-46-44-12-6-11-43(44)42-9-4-5-10-45(42)48(46)31-37/h1-10,12,15-28,31-32,38,47H,11,13-14,29-30H2. The summed E-state index contributed by atoms with van der Waals surface area (Å²) in [7, 11) is 0. The van der Waals surface area contributed by atoms with E-state index >= 15 is 0 Å². The molecule has 3 atom stereocenters. The Hall–Kier alpha value is -5.40. The quantitative estimate of drug-likeness (QED) is 0.165. The molecule has 3 aliphatic carbocycles. The topological polar surface area (TPSA) is 3.24 Å². The lowest BCUT2D eigenvalue weighted by Gasteiger charge is -2.27. The molecule has 0 N–H and O–H groups in total. The molecule has 0 radical (unpaired) electrons. The summed E-state index contributed by atoms with van der Waals surface area (Å²) in [6.45, 7) is 0. The van der Waals surface area contributed by atoms with Crippen LogP contribution in [0, 0.1) is 11.8 Å². The molecule has 0 saturated heterocycles. The number of nitrogens with zero attached hydrogens (tertiary/aromatic N) is 1. The highest BCUT2D eigenvalue weighted by Crippen LogP contribution is 2.53. The zero-order valence-corrected chi connectivity index (χ0v) is 27.7. The SMILES string of the molecule is C1=Cc2c(c3ccccc3c3cc(-c4ccc(N(c5ccc(-c6ccccc6)cc5)c5ccc(C6CC7CCC6C7)cc5)cc4)ccc23)C1. The lowest BCUT2D eigenvalue weighted by molar-refractivity contribution is 0.420. The zero-order chi connectivity index (χ0) is 32.3. The Morgan fingerprint density at radius 2 is 1.08 bits per heavy atom. The van der Waals surface area contributed by atoms with Crippen LogP contribution < -0.4 is 4.90 Å². The highest BCUT2D eigenvalue weighted by molar-refractivity contribution is 6.14. The van der Waals surface area contributed by atoms with Gasteiger partial charge in [-0.05, 0) is 146 Å². The normalized spacial score (nSPS) is 19.1. The van der Waals surface area contributed by atoms with E-state index in [0.717, 1.165) is 29.9 Å². The maximum absolute atomic E-state index is 2.41. The molecule has 0 aromatic heterocycles. The van der Waals surface area contributed by atoms with E-state index < -0.39 is 0 Å². The second-order valence-electron chi connectivity index (χ2n) is 14.5. The molecule has 236 valence electrons. The van der Waals surface area contributed by atoms with Gasteiger partial charge in [0.05, 0.1) is 0 Å². The summed E-state index contributed by atoms with van der Waals surface area (Å²) < 4.78 is 0. The molecule has 2 saturated carbocycles. The fourth-order valence-corrected chi connectivity index (χ4v) is 9.38. The lowest BCUT2D eigenvalue weighted by Crippen LogP contribution is -2.11. The molecule has 1 heteroatoms. The Morgan fingerprint density at radius 1 is 0.469 bits per heavy atom. The molecule has 0 heterocycles. The van der Waals surface area contributed by atoms with E-state index in [4.69, 9.17) is 0 Å². The van der Waals surface area contributed by atoms with Gasteiger partial charge in [-0.15, -0.1) is 0 Å². The number of hydrogen-bond acceptors (Lipinski definition) is 1. The molecule has 0 amide bonds. The van der Waals surface area contributed by atoms with Crippen LogP contribution in [0.1, 0.15) is 48.3 Å². The van der Waals surface area contributed by atoms with Crippen LogP contribution in [0.4, 0.5) is 17.1 Å². The third-order valence-corrected chi connectivity index (χ3v) is 11.8. The average molecular weight is 630 g/mol. The van der Waals surface area contributed by atoms with Crippen LogP contribution in [0.5, 0.6) is 0 Å². The first-order valence-corrected chi connectivity index (χ1v) is 18.1. The van der Waals surface area contributed by atoms with Crippen molar-refractivity contribution in [2.24, 2.45) is 11.8 Å². The monoisotopic (exact) mass is 629 g/mol. The van der Waals surface area contributed by atoms with Gasteiger partial charge in [-0.2, -0.15) is 0 Å². The van der Waals surface area contributed by atoms with Gasteiger partial charge in [0.25, 0.3) is 0 Å². The molecule has 3 unspecified atom stereocenters. The van der Waals surface area contributed by atoms with E-state index in [-0.39, 0.29) is 0 Å². The van der Waals surface area contributed by atoms with Gasteiger partial charge in [0.2, 0.25) is 0 Å². The molecule has 3 aliphatic rings. The second-order valence-corrected chi connectivity index (χ2v) is 14.5. The summed E-state index contributed by atoms with van der Waals surface area (Å²) in [5.74, 6) is 2.57. The lowest BCUT2D eigenvalue weighted by atomic mass is 9.83. The number of rotatable bonds is 6. The first-order valence-electron chi connectivity index (χ1n) is 18.1. The van der Waals surface area contributed by atoms with Gasteiger partial charge in [0, 0.05) is 17.1 Å². The minimum atomic E-state index is 0.738. The number of benzene rings is 7. The fourth-order valence-electron chi connectivity index (χ4n) is 9.38. The van der Waals surface area contributed by atoms with Gasteiger partial charge in [-0.1, -0.05) is 122 Å². The molecule has 7 aromatic rings. The van der Waals surface area contributed by atoms with Crippen LogP contribution in [0.3, 0.4) is 0 Å². The van der Waals surface area contributed by atoms with Crippen molar-refractivity contribution in [3.05, 3.63) is 168 Å². The van der Waals surface area contributed by atoms with Crippen molar-refractivity contribution >= 4 is 44.7 Å². The zero-order valence-electron chi connectivity index (χ0n) is 27.7. The molecule has 49 heavy (non-hydrogen) atoms. The first kappa shape index (κ1) is 28.6. The Morgan fingerprint density at radius 3 is 1.76 bits per heavy atom. The van der Waals surface area contributed by atoms with Gasteiger partial charge in [-0.3, -0.25) is 0 Å². The van der Waals surface area contributed by atoms with E-state index in [2.05, 4.69) is 163 Å². The van der Waals surface area contributed by atoms with Gasteiger partial charge in [0.1, 0.15) is 0 Å². The summed E-state index contributed by atoms with van der Waals surface area (Å²) in [6, 6.07) is 54.3. The predicted octanol–water partition coefficient (Wildman–Crippen LogP) is 13.3. The van der Waals surface area contributed by atoms with E-state index in [9.17, 15) is 0 Å². The van der Waals surface area contributed by atoms with Gasteiger partial charge in [0.15, 0.2) is 0 Å². The van der Waals surface area contributed by atoms with Crippen molar-refractivity contribution in [1.82, 2.24) is 0 Å². The molecule has 2 fully saturated rings. The van der Waals surface area contributed by atoms with Crippen molar-refractivity contribution in [3.63, 3.8) is 0 Å². The predicted molar refractivity (Wildman–Crippen MR) is 208 cm³/mol. The van der Waals surface area contributed by atoms with Crippen molar-refractivity contribution in [2.45, 2.75) is 38.0 Å².